The summed E-state index contributed by atoms with van der Waals surface area (Å²) in [6, 6.07) is 21.2. The van der Waals surface area contributed by atoms with Gasteiger partial charge in [-0.15, -0.1) is 10.2 Å². The van der Waals surface area contributed by atoms with Gasteiger partial charge in [-0.25, -0.2) is 23.1 Å². The van der Waals surface area contributed by atoms with Crippen molar-refractivity contribution in [1.82, 2.24) is 20.1 Å². The van der Waals surface area contributed by atoms with Crippen LogP contribution in [0.2, 0.25) is 0 Å². The number of hydrogen-bond donors (Lipinski definition) is 4. The minimum Gasteiger partial charge on any atom is -0.464 e. The monoisotopic (exact) mass is 632 g/mol. The highest BCUT2D eigenvalue weighted by atomic mass is 32.2. The number of alkyl carbamates (subject to hydrolysis) is 1. The Labute approximate surface area is 254 Å². The molecule has 1 aliphatic rings. The lowest BCUT2D eigenvalue weighted by atomic mass is 9.98. The molecular weight excluding hydrogens is 608 g/mol. The Kier molecular flexibility index (Phi) is 7.59. The van der Waals surface area contributed by atoms with E-state index in [0.29, 0.717) is 27.8 Å². The molecule has 0 saturated heterocycles. The van der Waals surface area contributed by atoms with E-state index in [0.717, 1.165) is 26.8 Å². The lowest BCUT2D eigenvalue weighted by Gasteiger charge is -2.19. The quantitative estimate of drug-likeness (QED) is 0.184. The zero-order valence-corrected chi connectivity index (χ0v) is 24.3. The van der Waals surface area contributed by atoms with Gasteiger partial charge in [-0.1, -0.05) is 78.1 Å². The summed E-state index contributed by atoms with van der Waals surface area (Å²) in [6.45, 7) is 0.000635. The smallest absolute Gasteiger partial charge is 0.416 e. The Morgan fingerprint density at radius 2 is 1.61 bits per heavy atom. The fourth-order valence-electron chi connectivity index (χ4n) is 5.35. The van der Waals surface area contributed by atoms with Gasteiger partial charge in [0.25, 0.3) is 10.0 Å². The number of nitrogens with zero attached hydrogens (tertiary/aromatic N) is 3. The van der Waals surface area contributed by atoms with E-state index in [1.807, 2.05) is 48.5 Å². The van der Waals surface area contributed by atoms with E-state index in [9.17, 15) is 27.9 Å². The summed E-state index contributed by atoms with van der Waals surface area (Å²) in [6.07, 6.45) is -0.854. The molecule has 224 valence electrons. The number of para-hydroxylation sites is 1. The summed E-state index contributed by atoms with van der Waals surface area (Å²) >= 11 is 0.542. The molecule has 5 aromatic rings. The van der Waals surface area contributed by atoms with Gasteiger partial charge in [0, 0.05) is 23.9 Å². The lowest BCUT2D eigenvalue weighted by Crippen LogP contribution is -2.45. The molecule has 0 aliphatic heterocycles. The van der Waals surface area contributed by atoms with E-state index in [1.54, 1.807) is 24.3 Å². The summed E-state index contributed by atoms with van der Waals surface area (Å²) in [4.78, 5) is 38.4. The maximum Gasteiger partial charge on any atom is 0.416 e. The van der Waals surface area contributed by atoms with Crippen LogP contribution in [-0.4, -0.2) is 59.0 Å². The van der Waals surface area contributed by atoms with E-state index in [2.05, 4.69) is 20.8 Å². The molecule has 1 atom stereocenters. The summed E-state index contributed by atoms with van der Waals surface area (Å²) in [5.41, 5.74) is 5.00. The summed E-state index contributed by atoms with van der Waals surface area (Å²) in [7, 11) is -4.15. The Bertz CT molecular complexity index is 1990. The highest BCUT2D eigenvalue weighted by Crippen LogP contribution is 2.44. The third-order valence-corrected chi connectivity index (χ3v) is 9.41. The number of ether oxygens (including phenoxy) is 1. The van der Waals surface area contributed by atoms with Crippen molar-refractivity contribution < 1.29 is 32.6 Å². The largest absolute Gasteiger partial charge is 0.464 e. The van der Waals surface area contributed by atoms with Gasteiger partial charge in [0.1, 0.15) is 12.6 Å². The van der Waals surface area contributed by atoms with Crippen molar-refractivity contribution in [2.45, 2.75) is 22.7 Å². The Hall–Kier alpha value is -5.12. The molecule has 44 heavy (non-hydrogen) atoms. The highest BCUT2D eigenvalue weighted by molar-refractivity contribution is 7.91. The second kappa shape index (κ2) is 11.5. The number of nitrogens with two attached hydrogens (primary N) is 1. The number of carbonyl (C=O) groups excluding carboxylic acids is 2. The van der Waals surface area contributed by atoms with Crippen LogP contribution in [0.4, 0.5) is 14.7 Å². The van der Waals surface area contributed by atoms with Gasteiger partial charge in [-0.05, 0) is 33.9 Å². The Morgan fingerprint density at radius 1 is 0.977 bits per heavy atom. The molecule has 3 aromatic carbocycles. The summed E-state index contributed by atoms with van der Waals surface area (Å²) in [5, 5.41) is 27.3. The van der Waals surface area contributed by atoms with E-state index >= 15 is 0 Å². The van der Waals surface area contributed by atoms with Crippen LogP contribution in [0.5, 0.6) is 0 Å². The first-order valence-electron chi connectivity index (χ1n) is 13.2. The molecule has 6 rings (SSSR count). The minimum atomic E-state index is -4.15. The van der Waals surface area contributed by atoms with Crippen LogP contribution in [-0.2, 0) is 26.0 Å². The van der Waals surface area contributed by atoms with Crippen molar-refractivity contribution in [3.63, 3.8) is 0 Å². The number of anilines is 1. The normalized spacial score (nSPS) is 13.2. The molecule has 13 nitrogen and oxygen atoms in total. The topological polar surface area (TPSA) is 196 Å². The molecule has 0 radical (unpaired) electrons. The number of carbonyl (C=O) groups is 3. The number of aromatic nitrogens is 3. The van der Waals surface area contributed by atoms with Crippen LogP contribution in [0.15, 0.2) is 83.3 Å². The zero-order chi connectivity index (χ0) is 31.0. The van der Waals surface area contributed by atoms with Gasteiger partial charge in [0.2, 0.25) is 15.4 Å². The van der Waals surface area contributed by atoms with Crippen molar-refractivity contribution in [2.24, 2.45) is 5.14 Å². The first-order chi connectivity index (χ1) is 21.1. The predicted octanol–water partition coefficient (Wildman–Crippen LogP) is 3.75. The number of rotatable bonds is 8. The summed E-state index contributed by atoms with van der Waals surface area (Å²) in [5.74, 6) is -0.977. The fraction of sp³-hybridized carbons (Fsp3) is 0.138. The van der Waals surface area contributed by atoms with E-state index in [-0.39, 0.29) is 24.1 Å². The number of amides is 2. The maximum atomic E-state index is 13.4. The van der Waals surface area contributed by atoms with Crippen molar-refractivity contribution in [2.75, 3.05) is 11.9 Å². The number of carboxylic acid groups (broad SMARTS) is 1. The average molecular weight is 633 g/mol. The molecule has 2 amide bonds. The number of nitrogens with one attached hydrogen (secondary N) is 2. The van der Waals surface area contributed by atoms with Gasteiger partial charge < -0.3 is 15.2 Å². The van der Waals surface area contributed by atoms with Crippen molar-refractivity contribution in [3.8, 4) is 11.1 Å². The first kappa shape index (κ1) is 29.0. The zero-order valence-electron chi connectivity index (χ0n) is 22.7. The molecule has 15 heteroatoms. The van der Waals surface area contributed by atoms with Gasteiger partial charge in [-0.2, -0.15) is 0 Å². The number of hydrogen-bond acceptors (Lipinski definition) is 9. The van der Waals surface area contributed by atoms with Crippen LogP contribution in [0.1, 0.15) is 22.6 Å². The second-order valence-corrected chi connectivity index (χ2v) is 12.7. The predicted molar refractivity (Wildman–Crippen MR) is 161 cm³/mol. The third kappa shape index (κ3) is 5.62. The standard InChI is InChI=1S/C29H24N6O7S2/c30-44(40,41)28-34-33-26(43-28)32-25(36)23(13-16-14-35(29(38)39)24-12-6-5-7-17(16)24)31-27(37)42-15-22-20-10-3-1-8-18(20)19-9-2-4-11-21(19)22/h1-12,14,22-23H,13,15H2,(H,31,37)(H,38,39)(H2,30,40,41)(H,32,33,36)/t23-/m0/s1. The number of benzene rings is 3. The van der Waals surface area contributed by atoms with Crippen molar-refractivity contribution in [1.29, 1.82) is 0 Å². The molecule has 0 spiro atoms. The first-order valence-corrected chi connectivity index (χ1v) is 15.6. The molecule has 5 N–H and O–H groups in total. The van der Waals surface area contributed by atoms with E-state index in [1.165, 1.54) is 6.20 Å². The minimum absolute atomic E-state index is 0.000635. The molecule has 2 heterocycles. The highest BCUT2D eigenvalue weighted by Gasteiger charge is 2.31. The molecule has 0 bridgehead atoms. The van der Waals surface area contributed by atoms with Crippen molar-refractivity contribution >= 4 is 55.5 Å². The van der Waals surface area contributed by atoms with Crippen molar-refractivity contribution in [3.05, 3.63) is 95.7 Å². The molecule has 2 aromatic heterocycles. The Balaban J connectivity index is 1.24. The van der Waals surface area contributed by atoms with E-state index < -0.39 is 38.5 Å². The molecule has 0 fully saturated rings. The van der Waals surface area contributed by atoms with Crippen LogP contribution < -0.4 is 15.8 Å². The maximum absolute atomic E-state index is 13.4. The third-order valence-electron chi connectivity index (χ3n) is 7.26. The second-order valence-electron chi connectivity index (χ2n) is 9.96. The number of fused-ring (bicyclic) bond motifs is 4. The van der Waals surface area contributed by atoms with Crippen LogP contribution >= 0.6 is 11.3 Å². The fourth-order valence-corrected chi connectivity index (χ4v) is 6.69. The Morgan fingerprint density at radius 3 is 2.25 bits per heavy atom. The molecule has 0 unspecified atom stereocenters. The van der Waals surface area contributed by atoms with Crippen LogP contribution in [0.3, 0.4) is 0 Å². The van der Waals surface area contributed by atoms with Gasteiger partial charge in [-0.3, -0.25) is 14.7 Å². The molecule has 0 saturated carbocycles. The molecular formula is C29H24N6O7S2. The van der Waals surface area contributed by atoms with Gasteiger partial charge in [0.15, 0.2) is 0 Å². The van der Waals surface area contributed by atoms with E-state index in [4.69, 9.17) is 9.88 Å². The SMILES string of the molecule is NS(=O)(=O)c1nnc(NC(=O)[C@H](Cc2cn(C(=O)O)c3ccccc23)NC(=O)OCC2c3ccccc3-c3ccccc32)s1. The van der Waals surface area contributed by atoms with Gasteiger partial charge in [0.05, 0.1) is 5.52 Å². The average Bonchev–Trinajstić information content (AvgIpc) is 3.70. The van der Waals surface area contributed by atoms with Crippen LogP contribution in [0.25, 0.3) is 22.0 Å². The van der Waals surface area contributed by atoms with Gasteiger partial charge >= 0.3 is 12.2 Å². The summed E-state index contributed by atoms with van der Waals surface area (Å²) < 4.78 is 29.4. The number of primary sulfonamides is 1. The lowest BCUT2D eigenvalue weighted by molar-refractivity contribution is -0.118. The van der Waals surface area contributed by atoms with Crippen LogP contribution in [0, 0.1) is 0 Å². The number of sulfonamides is 1. The molecule has 1 aliphatic carbocycles.